The zero-order valence-corrected chi connectivity index (χ0v) is 9.45. The molecule has 5 heteroatoms. The molecule has 0 aliphatic carbocycles. The van der Waals surface area contributed by atoms with Crippen LogP contribution in [0, 0.1) is 0 Å². The van der Waals surface area contributed by atoms with E-state index in [4.69, 9.17) is 0 Å². The lowest BCUT2D eigenvalue weighted by Crippen LogP contribution is -1.92. The summed E-state index contributed by atoms with van der Waals surface area (Å²) < 4.78 is 1.87. The van der Waals surface area contributed by atoms with Gasteiger partial charge in [-0.3, -0.25) is 9.20 Å². The van der Waals surface area contributed by atoms with E-state index in [-0.39, 0.29) is 0 Å². The maximum atomic E-state index is 10.3. The summed E-state index contributed by atoms with van der Waals surface area (Å²) in [7, 11) is 0. The van der Waals surface area contributed by atoms with Crippen molar-refractivity contribution in [1.82, 2.24) is 14.4 Å². The third kappa shape index (κ3) is 1.82. The number of imidazole rings is 1. The lowest BCUT2D eigenvalue weighted by Gasteiger charge is -1.99. The molecule has 5 nitrogen and oxygen atoms in total. The molecule has 0 saturated heterocycles. The minimum Gasteiger partial charge on any atom is -0.329 e. The smallest absolute Gasteiger partial charge is 0.234 e. The number of anilines is 1. The van der Waals surface area contributed by atoms with Crippen molar-refractivity contribution in [2.75, 3.05) is 5.32 Å². The summed E-state index contributed by atoms with van der Waals surface area (Å²) in [5, 5.41) is 2.59. The van der Waals surface area contributed by atoms with Crippen LogP contribution in [0.2, 0.25) is 0 Å². The Bertz CT molecular complexity index is 655. The van der Waals surface area contributed by atoms with Crippen molar-refractivity contribution >= 4 is 17.9 Å². The van der Waals surface area contributed by atoms with Gasteiger partial charge in [0.15, 0.2) is 0 Å². The van der Waals surface area contributed by atoms with E-state index in [1.165, 1.54) is 0 Å². The van der Waals surface area contributed by atoms with E-state index in [0.29, 0.717) is 12.2 Å². The molecule has 3 rings (SSSR count). The van der Waals surface area contributed by atoms with Gasteiger partial charge in [-0.05, 0) is 18.2 Å². The van der Waals surface area contributed by atoms with Crippen LogP contribution in [0.15, 0.2) is 48.9 Å². The van der Waals surface area contributed by atoms with Gasteiger partial charge in [-0.15, -0.1) is 0 Å². The molecule has 0 radical (unpaired) electrons. The van der Waals surface area contributed by atoms with Gasteiger partial charge in [0.2, 0.25) is 12.2 Å². The molecule has 0 aliphatic rings. The molecule has 0 fully saturated rings. The van der Waals surface area contributed by atoms with E-state index in [1.807, 2.05) is 47.1 Å². The summed E-state index contributed by atoms with van der Waals surface area (Å²) in [6.07, 6.45) is 6.19. The quantitative estimate of drug-likeness (QED) is 0.709. The number of hydrogen-bond acceptors (Lipinski definition) is 3. The Balaban J connectivity index is 2.00. The molecule has 1 N–H and O–H groups in total. The minimum absolute atomic E-state index is 0.657. The molecule has 0 unspecified atom stereocenters. The van der Waals surface area contributed by atoms with E-state index < -0.39 is 0 Å². The molecule has 18 heavy (non-hydrogen) atoms. The van der Waals surface area contributed by atoms with Crippen molar-refractivity contribution in [2.45, 2.75) is 0 Å². The summed E-state index contributed by atoms with van der Waals surface area (Å²) in [5.41, 5.74) is 2.60. The van der Waals surface area contributed by atoms with Crippen LogP contribution < -0.4 is 5.32 Å². The first-order valence-electron chi connectivity index (χ1n) is 5.47. The highest BCUT2D eigenvalue weighted by atomic mass is 16.1. The summed E-state index contributed by atoms with van der Waals surface area (Å²) in [5.74, 6) is 0.669. The van der Waals surface area contributed by atoms with Gasteiger partial charge in [-0.1, -0.05) is 12.1 Å². The predicted octanol–water partition coefficient (Wildman–Crippen LogP) is 1.96. The number of aromatic nitrogens is 3. The van der Waals surface area contributed by atoms with Crippen LogP contribution in [-0.4, -0.2) is 20.8 Å². The maximum Gasteiger partial charge on any atom is 0.234 e. The number of nitrogens with one attached hydrogen (secondary N) is 1. The molecule has 0 bridgehead atoms. The van der Waals surface area contributed by atoms with Crippen LogP contribution >= 0.6 is 0 Å². The number of carbonyl (C=O) groups is 1. The van der Waals surface area contributed by atoms with E-state index in [1.54, 1.807) is 6.20 Å². The van der Waals surface area contributed by atoms with E-state index in [0.717, 1.165) is 16.9 Å². The van der Waals surface area contributed by atoms with Crippen molar-refractivity contribution in [3.63, 3.8) is 0 Å². The molecule has 2 heterocycles. The standard InChI is InChI=1S/C13H10N4O/c18-9-15-11-4-2-10(3-5-11)12-8-17-7-1-6-14-13(17)16-12/h1-9H,(H,15,18). The lowest BCUT2D eigenvalue weighted by molar-refractivity contribution is -0.105. The Hall–Kier alpha value is -2.69. The molecule has 0 atom stereocenters. The van der Waals surface area contributed by atoms with Crippen LogP contribution in [0.5, 0.6) is 0 Å². The SMILES string of the molecule is O=CNc1ccc(-c2cn3cccnc3n2)cc1. The summed E-state index contributed by atoms with van der Waals surface area (Å²) >= 11 is 0. The second kappa shape index (κ2) is 4.29. The number of carbonyl (C=O) groups excluding carboxylic acids is 1. The Morgan fingerprint density at radius 2 is 2.06 bits per heavy atom. The summed E-state index contributed by atoms with van der Waals surface area (Å²) in [4.78, 5) is 18.9. The molecule has 0 aliphatic heterocycles. The van der Waals surface area contributed by atoms with Crippen molar-refractivity contribution in [3.05, 3.63) is 48.9 Å². The van der Waals surface area contributed by atoms with Gasteiger partial charge in [-0.2, -0.15) is 0 Å². The fourth-order valence-electron chi connectivity index (χ4n) is 1.77. The third-order valence-corrected chi connectivity index (χ3v) is 2.64. The fourth-order valence-corrected chi connectivity index (χ4v) is 1.77. The first kappa shape index (κ1) is 10.5. The van der Waals surface area contributed by atoms with E-state index in [2.05, 4.69) is 15.3 Å². The monoisotopic (exact) mass is 238 g/mol. The summed E-state index contributed by atoms with van der Waals surface area (Å²) in [6, 6.07) is 9.35. The van der Waals surface area contributed by atoms with Gasteiger partial charge in [0.25, 0.3) is 0 Å². The highest BCUT2D eigenvalue weighted by Gasteiger charge is 2.04. The summed E-state index contributed by atoms with van der Waals surface area (Å²) in [6.45, 7) is 0. The topological polar surface area (TPSA) is 59.3 Å². The second-order valence-corrected chi connectivity index (χ2v) is 3.79. The molecule has 2 aromatic heterocycles. The fraction of sp³-hybridized carbons (Fsp3) is 0. The molecule has 1 amide bonds. The molecule has 0 saturated carbocycles. The first-order valence-corrected chi connectivity index (χ1v) is 5.47. The zero-order valence-electron chi connectivity index (χ0n) is 9.45. The van der Waals surface area contributed by atoms with Crippen LogP contribution in [-0.2, 0) is 4.79 Å². The molecule has 1 aromatic carbocycles. The van der Waals surface area contributed by atoms with Gasteiger partial charge >= 0.3 is 0 Å². The number of nitrogens with zero attached hydrogens (tertiary/aromatic N) is 3. The molecule has 3 aromatic rings. The Kier molecular flexibility index (Phi) is 2.49. The highest BCUT2D eigenvalue weighted by Crippen LogP contribution is 2.20. The van der Waals surface area contributed by atoms with Gasteiger partial charge < -0.3 is 5.32 Å². The van der Waals surface area contributed by atoms with Gasteiger partial charge in [0, 0.05) is 29.8 Å². The molecular formula is C13H10N4O. The van der Waals surface area contributed by atoms with Crippen molar-refractivity contribution in [3.8, 4) is 11.3 Å². The Morgan fingerprint density at radius 3 is 2.78 bits per heavy atom. The minimum atomic E-state index is 0.657. The van der Waals surface area contributed by atoms with Crippen LogP contribution in [0.25, 0.3) is 17.0 Å². The van der Waals surface area contributed by atoms with E-state index in [9.17, 15) is 4.79 Å². The van der Waals surface area contributed by atoms with Crippen LogP contribution in [0.4, 0.5) is 5.69 Å². The van der Waals surface area contributed by atoms with Gasteiger partial charge in [0.1, 0.15) is 0 Å². The number of fused-ring (bicyclic) bond motifs is 1. The third-order valence-electron chi connectivity index (χ3n) is 2.64. The van der Waals surface area contributed by atoms with E-state index >= 15 is 0 Å². The highest BCUT2D eigenvalue weighted by molar-refractivity contribution is 5.73. The Morgan fingerprint density at radius 1 is 1.22 bits per heavy atom. The average molecular weight is 238 g/mol. The molecule has 0 spiro atoms. The number of benzene rings is 1. The largest absolute Gasteiger partial charge is 0.329 e. The second-order valence-electron chi connectivity index (χ2n) is 3.79. The normalized spacial score (nSPS) is 10.4. The molecule has 88 valence electrons. The number of hydrogen-bond donors (Lipinski definition) is 1. The Labute approximate surface area is 103 Å². The number of rotatable bonds is 3. The van der Waals surface area contributed by atoms with Crippen molar-refractivity contribution < 1.29 is 4.79 Å². The zero-order chi connectivity index (χ0) is 12.4. The average Bonchev–Trinajstić information content (AvgIpc) is 2.84. The number of amides is 1. The lowest BCUT2D eigenvalue weighted by atomic mass is 10.1. The first-order chi connectivity index (χ1) is 8.86. The molecular weight excluding hydrogens is 228 g/mol. The van der Waals surface area contributed by atoms with Crippen molar-refractivity contribution in [1.29, 1.82) is 0 Å². The van der Waals surface area contributed by atoms with Crippen molar-refractivity contribution in [2.24, 2.45) is 0 Å². The van der Waals surface area contributed by atoms with Gasteiger partial charge in [0.05, 0.1) is 5.69 Å². The van der Waals surface area contributed by atoms with Crippen LogP contribution in [0.3, 0.4) is 0 Å². The predicted molar refractivity (Wildman–Crippen MR) is 68.1 cm³/mol. The van der Waals surface area contributed by atoms with Gasteiger partial charge in [-0.25, -0.2) is 9.97 Å². The maximum absolute atomic E-state index is 10.3. The van der Waals surface area contributed by atoms with Crippen LogP contribution in [0.1, 0.15) is 0 Å².